The fraction of sp³-hybridized carbons (Fsp3) is 0.667. The van der Waals surface area contributed by atoms with Crippen molar-refractivity contribution in [3.05, 3.63) is 29.3 Å². The third-order valence-electron chi connectivity index (χ3n) is 6.24. The van der Waals surface area contributed by atoms with Crippen LogP contribution in [0.1, 0.15) is 96.7 Å². The molecule has 0 radical (unpaired) electrons. The van der Waals surface area contributed by atoms with Crippen molar-refractivity contribution in [2.24, 2.45) is 0 Å². The number of phenols is 1. The van der Waals surface area contributed by atoms with E-state index in [4.69, 9.17) is 9.47 Å². The molecule has 1 aromatic rings. The monoisotopic (exact) mass is 579 g/mol. The first kappa shape index (κ1) is 35.7. The molecule has 2 unspecified atom stereocenters. The van der Waals surface area contributed by atoms with Gasteiger partial charge in [0.25, 0.3) is 0 Å². The van der Waals surface area contributed by atoms with Gasteiger partial charge in [-0.15, -0.1) is 0 Å². The summed E-state index contributed by atoms with van der Waals surface area (Å²) >= 11 is 0. The summed E-state index contributed by atoms with van der Waals surface area (Å²) in [6, 6.07) is 2.09. The van der Waals surface area contributed by atoms with Crippen LogP contribution in [0.3, 0.4) is 0 Å². The number of hydrogen-bond donors (Lipinski definition) is 4. The minimum atomic E-state index is -1.36. The van der Waals surface area contributed by atoms with Gasteiger partial charge in [0, 0.05) is 13.1 Å². The number of nitrogens with one attached hydrogen (secondary N) is 2. The lowest BCUT2D eigenvalue weighted by Gasteiger charge is -2.34. The SMILES string of the molecule is CCCCCCCCN(C(=O)C(CO)NC(=O)OC(C)(C)C)C(C(=O)NCCC(=O)OCC)c1ccc(O)c(C)c1. The van der Waals surface area contributed by atoms with E-state index in [-0.39, 0.29) is 31.9 Å². The average molecular weight is 580 g/mol. The number of rotatable bonds is 17. The summed E-state index contributed by atoms with van der Waals surface area (Å²) in [5.74, 6) is -1.65. The molecule has 0 heterocycles. The van der Waals surface area contributed by atoms with E-state index in [1.807, 2.05) is 0 Å². The Bertz CT molecular complexity index is 992. The Balaban J connectivity index is 3.37. The number of carbonyl (C=O) groups is 4. The zero-order chi connectivity index (χ0) is 31.0. The Morgan fingerprint density at radius 2 is 1.68 bits per heavy atom. The van der Waals surface area contributed by atoms with Crippen LogP contribution < -0.4 is 10.6 Å². The molecule has 1 rings (SSSR count). The maximum atomic E-state index is 13.9. The summed E-state index contributed by atoms with van der Waals surface area (Å²) in [7, 11) is 0. The highest BCUT2D eigenvalue weighted by Crippen LogP contribution is 2.27. The van der Waals surface area contributed by atoms with E-state index in [1.165, 1.54) is 11.0 Å². The predicted molar refractivity (Wildman–Crippen MR) is 155 cm³/mol. The van der Waals surface area contributed by atoms with Crippen molar-refractivity contribution in [1.82, 2.24) is 15.5 Å². The highest BCUT2D eigenvalue weighted by Gasteiger charge is 2.36. The van der Waals surface area contributed by atoms with Gasteiger partial charge in [0.1, 0.15) is 23.4 Å². The Labute approximate surface area is 244 Å². The molecule has 0 aromatic heterocycles. The molecule has 11 heteroatoms. The van der Waals surface area contributed by atoms with Crippen LogP contribution in [0, 0.1) is 6.92 Å². The van der Waals surface area contributed by atoms with Crippen LogP contribution in [0.25, 0.3) is 0 Å². The van der Waals surface area contributed by atoms with Crippen molar-refractivity contribution in [2.75, 3.05) is 26.3 Å². The summed E-state index contributed by atoms with van der Waals surface area (Å²) in [6.45, 7) is 10.2. The zero-order valence-electron chi connectivity index (χ0n) is 25.5. The lowest BCUT2D eigenvalue weighted by atomic mass is 9.99. The highest BCUT2D eigenvalue weighted by atomic mass is 16.6. The molecule has 41 heavy (non-hydrogen) atoms. The Morgan fingerprint density at radius 1 is 1.02 bits per heavy atom. The molecule has 232 valence electrons. The van der Waals surface area contributed by atoms with Gasteiger partial charge < -0.3 is 35.2 Å². The molecule has 0 fully saturated rings. The normalized spacial score (nSPS) is 12.7. The molecule has 0 bridgehead atoms. The number of aromatic hydroxyl groups is 1. The van der Waals surface area contributed by atoms with E-state index in [1.54, 1.807) is 46.8 Å². The van der Waals surface area contributed by atoms with Gasteiger partial charge in [0.15, 0.2) is 0 Å². The maximum Gasteiger partial charge on any atom is 0.408 e. The van der Waals surface area contributed by atoms with Crippen molar-refractivity contribution in [2.45, 2.75) is 104 Å². The number of esters is 1. The third-order valence-corrected chi connectivity index (χ3v) is 6.24. The van der Waals surface area contributed by atoms with Crippen LogP contribution in [0.4, 0.5) is 4.79 Å². The van der Waals surface area contributed by atoms with Gasteiger partial charge >= 0.3 is 12.1 Å². The quantitative estimate of drug-likeness (QED) is 0.160. The van der Waals surface area contributed by atoms with Crippen molar-refractivity contribution in [3.8, 4) is 5.75 Å². The van der Waals surface area contributed by atoms with Crippen molar-refractivity contribution in [1.29, 1.82) is 0 Å². The summed E-state index contributed by atoms with van der Waals surface area (Å²) < 4.78 is 10.2. The second-order valence-corrected chi connectivity index (χ2v) is 11.0. The average Bonchev–Trinajstić information content (AvgIpc) is 2.89. The van der Waals surface area contributed by atoms with E-state index in [9.17, 15) is 29.4 Å². The maximum absolute atomic E-state index is 13.9. The topological polar surface area (TPSA) is 154 Å². The number of aliphatic hydroxyl groups is 1. The zero-order valence-corrected chi connectivity index (χ0v) is 25.5. The first-order valence-corrected chi connectivity index (χ1v) is 14.5. The number of phenolic OH excluding ortho intramolecular Hbond substituents is 1. The number of alkyl carbamates (subject to hydrolysis) is 1. The van der Waals surface area contributed by atoms with Gasteiger partial charge in [0.2, 0.25) is 11.8 Å². The molecule has 0 aliphatic carbocycles. The van der Waals surface area contributed by atoms with E-state index in [2.05, 4.69) is 17.6 Å². The molecular weight excluding hydrogens is 530 g/mol. The lowest BCUT2D eigenvalue weighted by Crippen LogP contribution is -2.54. The van der Waals surface area contributed by atoms with Crippen LogP contribution in [0.15, 0.2) is 18.2 Å². The number of aliphatic hydroxyl groups excluding tert-OH is 1. The van der Waals surface area contributed by atoms with Crippen LogP contribution in [-0.4, -0.2) is 76.9 Å². The molecule has 3 amide bonds. The summed E-state index contributed by atoms with van der Waals surface area (Å²) in [6.07, 6.45) is 4.69. The van der Waals surface area contributed by atoms with Crippen LogP contribution in [0.2, 0.25) is 0 Å². The van der Waals surface area contributed by atoms with E-state index in [0.29, 0.717) is 17.5 Å². The molecule has 1 aromatic carbocycles. The van der Waals surface area contributed by atoms with Gasteiger partial charge in [-0.3, -0.25) is 14.4 Å². The smallest absolute Gasteiger partial charge is 0.408 e. The number of nitrogens with zero attached hydrogens (tertiary/aromatic N) is 1. The van der Waals surface area contributed by atoms with E-state index < -0.39 is 48.2 Å². The molecular formula is C30H49N3O8. The number of hydrogen-bond acceptors (Lipinski definition) is 8. The second-order valence-electron chi connectivity index (χ2n) is 11.0. The third kappa shape index (κ3) is 13.2. The minimum Gasteiger partial charge on any atom is -0.508 e. The first-order valence-electron chi connectivity index (χ1n) is 14.5. The first-order chi connectivity index (χ1) is 19.3. The Kier molecular flexibility index (Phi) is 15.8. The van der Waals surface area contributed by atoms with E-state index >= 15 is 0 Å². The fourth-order valence-electron chi connectivity index (χ4n) is 4.20. The van der Waals surface area contributed by atoms with Gasteiger partial charge in [-0.1, -0.05) is 45.1 Å². The molecule has 0 aliphatic heterocycles. The summed E-state index contributed by atoms with van der Waals surface area (Å²) in [5, 5.41) is 25.3. The summed E-state index contributed by atoms with van der Waals surface area (Å²) in [5.41, 5.74) is 0.113. The van der Waals surface area contributed by atoms with Crippen molar-refractivity contribution >= 4 is 23.9 Å². The van der Waals surface area contributed by atoms with Crippen molar-refractivity contribution in [3.63, 3.8) is 0 Å². The van der Waals surface area contributed by atoms with Crippen molar-refractivity contribution < 1.29 is 38.9 Å². The highest BCUT2D eigenvalue weighted by molar-refractivity contribution is 5.92. The number of carbonyl (C=O) groups excluding carboxylic acids is 4. The number of ether oxygens (including phenoxy) is 2. The van der Waals surface area contributed by atoms with Crippen LogP contribution in [0.5, 0.6) is 5.75 Å². The molecule has 0 spiro atoms. The number of aryl methyl sites for hydroxylation is 1. The second kappa shape index (κ2) is 18.2. The molecule has 2 atom stereocenters. The fourth-order valence-corrected chi connectivity index (χ4v) is 4.20. The van der Waals surface area contributed by atoms with Crippen LogP contribution >= 0.6 is 0 Å². The molecule has 11 nitrogen and oxygen atoms in total. The summed E-state index contributed by atoms with van der Waals surface area (Å²) in [4.78, 5) is 53.1. The number of unbranched alkanes of at least 4 members (excludes halogenated alkanes) is 5. The molecule has 0 saturated heterocycles. The predicted octanol–water partition coefficient (Wildman–Crippen LogP) is 3.89. The number of benzene rings is 1. The molecule has 4 N–H and O–H groups in total. The van der Waals surface area contributed by atoms with E-state index in [0.717, 1.165) is 32.1 Å². The molecule has 0 aliphatic rings. The standard InChI is InChI=1S/C30H49N3O8/c1-7-9-10-11-12-13-18-33(28(38)23(20-34)32-29(39)41-30(4,5)6)26(22-14-15-24(35)21(3)19-22)27(37)31-17-16-25(36)40-8-2/h14-15,19,23,26,34-35H,7-13,16-18,20H2,1-6H3,(H,31,37)(H,32,39). The van der Waals surface area contributed by atoms with Gasteiger partial charge in [-0.25, -0.2) is 4.79 Å². The largest absolute Gasteiger partial charge is 0.508 e. The molecule has 0 saturated carbocycles. The Hall–Kier alpha value is -3.34. The van der Waals surface area contributed by atoms with Gasteiger partial charge in [0.05, 0.1) is 19.6 Å². The van der Waals surface area contributed by atoms with Crippen LogP contribution in [-0.2, 0) is 23.9 Å². The Morgan fingerprint density at radius 3 is 2.27 bits per heavy atom. The minimum absolute atomic E-state index is 0.0101. The lowest BCUT2D eigenvalue weighted by molar-refractivity contribution is -0.144. The number of amides is 3. The van der Waals surface area contributed by atoms with Gasteiger partial charge in [-0.2, -0.15) is 0 Å². The van der Waals surface area contributed by atoms with Gasteiger partial charge in [-0.05, 0) is 64.3 Å².